The molecule has 8 nitrogen and oxygen atoms in total. The quantitative estimate of drug-likeness (QED) is 0.855. The van der Waals surface area contributed by atoms with Gasteiger partial charge in [0.05, 0.1) is 24.5 Å². The number of hydrogen-bond acceptors (Lipinski definition) is 5. The molecule has 0 aromatic carbocycles. The van der Waals surface area contributed by atoms with E-state index in [0.29, 0.717) is 50.0 Å². The zero-order chi connectivity index (χ0) is 19.0. The topological polar surface area (TPSA) is 93.0 Å². The van der Waals surface area contributed by atoms with Crippen LogP contribution in [-0.4, -0.2) is 49.0 Å². The number of carbonyl (C=O) groups excluding carboxylic acids is 2. The molecule has 1 saturated carbocycles. The standard InChI is InChI=1S/C19H24N6O2/c1-12-9-17(21-13(2)20-12)19(27)24-7-8-25-16(11-24)10-15(23-25)5-6-18(26)22-14-3-4-14/h9-10,14H,3-8,11H2,1-2H3,(H,22,26). The molecule has 1 N–H and O–H groups in total. The van der Waals surface area contributed by atoms with Gasteiger partial charge in [-0.25, -0.2) is 9.97 Å². The first kappa shape index (κ1) is 17.6. The number of fused-ring (bicyclic) bond motifs is 1. The minimum atomic E-state index is -0.0820. The van der Waals surface area contributed by atoms with Crippen LogP contribution >= 0.6 is 0 Å². The number of rotatable bonds is 5. The van der Waals surface area contributed by atoms with Crippen molar-refractivity contribution in [2.75, 3.05) is 6.54 Å². The van der Waals surface area contributed by atoms with Gasteiger partial charge in [-0.3, -0.25) is 14.3 Å². The van der Waals surface area contributed by atoms with Crippen molar-refractivity contribution in [1.82, 2.24) is 30.0 Å². The van der Waals surface area contributed by atoms with E-state index in [1.165, 1.54) is 0 Å². The van der Waals surface area contributed by atoms with Crippen molar-refractivity contribution in [3.05, 3.63) is 40.7 Å². The summed E-state index contributed by atoms with van der Waals surface area (Å²) in [5.41, 5.74) is 3.12. The van der Waals surface area contributed by atoms with Gasteiger partial charge >= 0.3 is 0 Å². The Kier molecular flexibility index (Phi) is 4.63. The fraction of sp³-hybridized carbons (Fsp3) is 0.526. The molecule has 2 aromatic heterocycles. The fourth-order valence-electron chi connectivity index (χ4n) is 3.38. The van der Waals surface area contributed by atoms with Crippen molar-refractivity contribution >= 4 is 11.8 Å². The van der Waals surface area contributed by atoms with E-state index in [0.717, 1.165) is 29.9 Å². The van der Waals surface area contributed by atoms with Crippen LogP contribution in [0.25, 0.3) is 0 Å². The van der Waals surface area contributed by atoms with Crippen LogP contribution in [0.1, 0.15) is 52.7 Å². The summed E-state index contributed by atoms with van der Waals surface area (Å²) >= 11 is 0. The molecule has 1 aliphatic carbocycles. The molecule has 4 rings (SSSR count). The normalized spacial score (nSPS) is 16.1. The molecule has 8 heteroatoms. The van der Waals surface area contributed by atoms with Crippen molar-refractivity contribution in [2.24, 2.45) is 0 Å². The third-order valence-corrected chi connectivity index (χ3v) is 4.87. The van der Waals surface area contributed by atoms with Gasteiger partial charge in [-0.1, -0.05) is 0 Å². The van der Waals surface area contributed by atoms with E-state index in [1.807, 2.05) is 17.7 Å². The van der Waals surface area contributed by atoms with Gasteiger partial charge in [-0.15, -0.1) is 0 Å². The molecule has 0 spiro atoms. The minimum absolute atomic E-state index is 0.0820. The van der Waals surface area contributed by atoms with E-state index in [1.54, 1.807) is 17.9 Å². The number of aryl methyl sites for hydroxylation is 3. The van der Waals surface area contributed by atoms with E-state index in [-0.39, 0.29) is 11.8 Å². The maximum absolute atomic E-state index is 12.8. The number of nitrogens with one attached hydrogen (secondary N) is 1. The molecule has 0 saturated heterocycles. The Balaban J connectivity index is 1.39. The van der Waals surface area contributed by atoms with Crippen LogP contribution in [0, 0.1) is 13.8 Å². The highest BCUT2D eigenvalue weighted by Crippen LogP contribution is 2.19. The monoisotopic (exact) mass is 368 g/mol. The Hall–Kier alpha value is -2.77. The molecular weight excluding hydrogens is 344 g/mol. The lowest BCUT2D eigenvalue weighted by molar-refractivity contribution is -0.121. The van der Waals surface area contributed by atoms with Crippen LogP contribution in [-0.2, 0) is 24.3 Å². The lowest BCUT2D eigenvalue weighted by Crippen LogP contribution is -2.38. The predicted molar refractivity (Wildman–Crippen MR) is 98.0 cm³/mol. The van der Waals surface area contributed by atoms with Crippen LogP contribution in [0.3, 0.4) is 0 Å². The van der Waals surface area contributed by atoms with Gasteiger partial charge in [0.1, 0.15) is 11.5 Å². The van der Waals surface area contributed by atoms with Crippen molar-refractivity contribution in [2.45, 2.75) is 58.7 Å². The zero-order valence-corrected chi connectivity index (χ0v) is 15.7. The van der Waals surface area contributed by atoms with Gasteiger partial charge < -0.3 is 10.2 Å². The summed E-state index contributed by atoms with van der Waals surface area (Å²) in [5.74, 6) is 0.614. The third kappa shape index (κ3) is 4.15. The van der Waals surface area contributed by atoms with Gasteiger partial charge in [0.15, 0.2) is 0 Å². The van der Waals surface area contributed by atoms with E-state index < -0.39 is 0 Å². The van der Waals surface area contributed by atoms with Gasteiger partial charge in [0, 0.05) is 31.1 Å². The molecule has 27 heavy (non-hydrogen) atoms. The largest absolute Gasteiger partial charge is 0.353 e. The lowest BCUT2D eigenvalue weighted by Gasteiger charge is -2.27. The van der Waals surface area contributed by atoms with Gasteiger partial charge in [-0.05, 0) is 38.8 Å². The van der Waals surface area contributed by atoms with Crippen LogP contribution in [0.5, 0.6) is 0 Å². The summed E-state index contributed by atoms with van der Waals surface area (Å²) in [7, 11) is 0. The summed E-state index contributed by atoms with van der Waals surface area (Å²) in [6, 6.07) is 4.12. The first-order valence-corrected chi connectivity index (χ1v) is 9.44. The molecule has 3 heterocycles. The number of nitrogens with zero attached hydrogens (tertiary/aromatic N) is 5. The molecule has 2 aliphatic rings. The average molecular weight is 368 g/mol. The van der Waals surface area contributed by atoms with Gasteiger partial charge in [-0.2, -0.15) is 5.10 Å². The fourth-order valence-corrected chi connectivity index (χ4v) is 3.38. The third-order valence-electron chi connectivity index (χ3n) is 4.87. The molecule has 2 aromatic rings. The SMILES string of the molecule is Cc1cc(C(=O)N2CCn3nc(CCC(=O)NC4CC4)cc3C2)nc(C)n1. The molecule has 0 unspecified atom stereocenters. The Morgan fingerprint density at radius 2 is 2.00 bits per heavy atom. The van der Waals surface area contributed by atoms with Crippen LogP contribution in [0.4, 0.5) is 0 Å². The minimum Gasteiger partial charge on any atom is -0.353 e. The molecule has 1 aliphatic heterocycles. The van der Waals surface area contributed by atoms with E-state index in [9.17, 15) is 9.59 Å². The molecule has 2 amide bonds. The Bertz CT molecular complexity index is 866. The van der Waals surface area contributed by atoms with Crippen molar-refractivity contribution < 1.29 is 9.59 Å². The van der Waals surface area contributed by atoms with Crippen molar-refractivity contribution in [1.29, 1.82) is 0 Å². The van der Waals surface area contributed by atoms with E-state index in [2.05, 4.69) is 20.4 Å². The molecule has 142 valence electrons. The predicted octanol–water partition coefficient (Wildman–Crippen LogP) is 1.16. The van der Waals surface area contributed by atoms with Gasteiger partial charge in [0.2, 0.25) is 5.91 Å². The number of aromatic nitrogens is 4. The summed E-state index contributed by atoms with van der Waals surface area (Å²) in [5, 5.41) is 7.58. The highest BCUT2D eigenvalue weighted by molar-refractivity contribution is 5.92. The summed E-state index contributed by atoms with van der Waals surface area (Å²) in [6.07, 6.45) is 3.27. The summed E-state index contributed by atoms with van der Waals surface area (Å²) in [4.78, 5) is 35.0. The van der Waals surface area contributed by atoms with E-state index >= 15 is 0 Å². The molecule has 0 radical (unpaired) electrons. The molecule has 0 atom stereocenters. The smallest absolute Gasteiger partial charge is 0.273 e. The summed E-state index contributed by atoms with van der Waals surface area (Å²) < 4.78 is 1.94. The molecule has 1 fully saturated rings. The molecule has 0 bridgehead atoms. The maximum Gasteiger partial charge on any atom is 0.273 e. The van der Waals surface area contributed by atoms with Crippen molar-refractivity contribution in [3.63, 3.8) is 0 Å². The second-order valence-electron chi connectivity index (χ2n) is 7.36. The summed E-state index contributed by atoms with van der Waals surface area (Å²) in [6.45, 7) is 5.40. The average Bonchev–Trinajstić information content (AvgIpc) is 3.34. The molecular formula is C19H24N6O2. The Labute approximate surface area is 158 Å². The van der Waals surface area contributed by atoms with E-state index in [4.69, 9.17) is 0 Å². The first-order chi connectivity index (χ1) is 13.0. The van der Waals surface area contributed by atoms with Gasteiger partial charge in [0.25, 0.3) is 5.91 Å². The van der Waals surface area contributed by atoms with Crippen LogP contribution < -0.4 is 5.32 Å². The second-order valence-corrected chi connectivity index (χ2v) is 7.36. The number of amides is 2. The van der Waals surface area contributed by atoms with Crippen LogP contribution in [0.15, 0.2) is 12.1 Å². The number of carbonyl (C=O) groups is 2. The highest BCUT2D eigenvalue weighted by Gasteiger charge is 2.25. The Morgan fingerprint density at radius 1 is 1.19 bits per heavy atom. The van der Waals surface area contributed by atoms with Crippen LogP contribution in [0.2, 0.25) is 0 Å². The first-order valence-electron chi connectivity index (χ1n) is 9.44. The second kappa shape index (κ2) is 7.09. The zero-order valence-electron chi connectivity index (χ0n) is 15.7. The Morgan fingerprint density at radius 3 is 2.74 bits per heavy atom. The number of hydrogen-bond donors (Lipinski definition) is 1. The highest BCUT2D eigenvalue weighted by atomic mass is 16.2. The van der Waals surface area contributed by atoms with Crippen molar-refractivity contribution in [3.8, 4) is 0 Å². The maximum atomic E-state index is 12.8. The lowest BCUT2D eigenvalue weighted by atomic mass is 10.2.